The van der Waals surface area contributed by atoms with Crippen LogP contribution in [0.4, 0.5) is 20.2 Å². The number of carbonyl (C=O) groups is 1. The van der Waals surface area contributed by atoms with Gasteiger partial charge in [0.2, 0.25) is 0 Å². The number of halogens is 3. The van der Waals surface area contributed by atoms with E-state index >= 15 is 0 Å². The normalized spacial score (nSPS) is 14.9. The van der Waals surface area contributed by atoms with Gasteiger partial charge in [0.1, 0.15) is 12.5 Å². The number of aliphatic hydroxyl groups is 1. The Labute approximate surface area is 166 Å². The van der Waals surface area contributed by atoms with Crippen molar-refractivity contribution in [3.8, 4) is 6.07 Å². The molecular weight excluding hydrogens is 388 g/mol. The molecule has 0 aliphatic carbocycles. The second kappa shape index (κ2) is 7.74. The molecule has 2 aromatic carbocycles. The smallest absolute Gasteiger partial charge is 0.257 e. The van der Waals surface area contributed by atoms with E-state index in [9.17, 15) is 18.7 Å². The van der Waals surface area contributed by atoms with Gasteiger partial charge in [0.15, 0.2) is 5.60 Å². The van der Waals surface area contributed by atoms with Gasteiger partial charge in [0.25, 0.3) is 5.91 Å². The Morgan fingerprint density at radius 2 is 2.18 bits per heavy atom. The molecule has 1 heterocycles. The largest absolute Gasteiger partial charge is 0.378 e. The standard InChI is InChI=1S/C20H18ClF2N3O2/c1-20(28,11-26-5-4-12-7-16(21)17(23)8-18(12)26)19(27)25-15-3-2-13(10-24)14(6-15)9-22/h2-3,6-8,28H,4-5,9,11H2,1H3,(H,25,27)/t20-/m0/s1. The number of alkyl halides is 1. The summed E-state index contributed by atoms with van der Waals surface area (Å²) in [6, 6.07) is 8.95. The maximum Gasteiger partial charge on any atom is 0.257 e. The van der Waals surface area contributed by atoms with E-state index in [1.54, 1.807) is 11.0 Å². The molecule has 146 valence electrons. The van der Waals surface area contributed by atoms with E-state index in [1.165, 1.54) is 31.2 Å². The summed E-state index contributed by atoms with van der Waals surface area (Å²) in [5, 5.41) is 22.2. The molecule has 1 amide bonds. The summed E-state index contributed by atoms with van der Waals surface area (Å²) in [6.45, 7) is 0.967. The molecule has 1 aliphatic rings. The average Bonchev–Trinajstić information content (AvgIpc) is 3.02. The third-order valence-corrected chi connectivity index (χ3v) is 5.02. The van der Waals surface area contributed by atoms with Gasteiger partial charge >= 0.3 is 0 Å². The molecule has 0 saturated heterocycles. The second-order valence-corrected chi connectivity index (χ2v) is 7.32. The zero-order valence-electron chi connectivity index (χ0n) is 15.1. The maximum absolute atomic E-state index is 13.8. The molecule has 0 unspecified atom stereocenters. The predicted molar refractivity (Wildman–Crippen MR) is 103 cm³/mol. The molecule has 0 radical (unpaired) electrons. The van der Waals surface area contributed by atoms with Crippen molar-refractivity contribution in [2.24, 2.45) is 0 Å². The number of nitrogens with one attached hydrogen (secondary N) is 1. The zero-order valence-corrected chi connectivity index (χ0v) is 15.9. The van der Waals surface area contributed by atoms with E-state index in [4.69, 9.17) is 16.9 Å². The molecule has 3 rings (SSSR count). The van der Waals surface area contributed by atoms with Crippen molar-refractivity contribution >= 4 is 28.9 Å². The zero-order chi connectivity index (χ0) is 20.5. The number of anilines is 2. The molecule has 8 heteroatoms. The van der Waals surface area contributed by atoms with Crippen molar-refractivity contribution in [2.75, 3.05) is 23.3 Å². The summed E-state index contributed by atoms with van der Waals surface area (Å²) in [5.41, 5.74) is 0.260. The van der Waals surface area contributed by atoms with E-state index in [-0.39, 0.29) is 28.4 Å². The molecule has 2 N–H and O–H groups in total. The van der Waals surface area contributed by atoms with Crippen LogP contribution < -0.4 is 10.2 Å². The molecule has 1 atom stereocenters. The average molecular weight is 406 g/mol. The van der Waals surface area contributed by atoms with Gasteiger partial charge in [-0.15, -0.1) is 0 Å². The molecule has 1 aliphatic heterocycles. The molecule has 2 aromatic rings. The fourth-order valence-electron chi connectivity index (χ4n) is 3.21. The molecule has 0 fully saturated rings. The monoisotopic (exact) mass is 405 g/mol. The Kier molecular flexibility index (Phi) is 5.54. The summed E-state index contributed by atoms with van der Waals surface area (Å²) >= 11 is 5.81. The van der Waals surface area contributed by atoms with Crippen molar-refractivity contribution in [3.05, 3.63) is 57.9 Å². The van der Waals surface area contributed by atoms with Gasteiger partial charge in [0.05, 0.1) is 23.2 Å². The van der Waals surface area contributed by atoms with Gasteiger partial charge in [-0.2, -0.15) is 5.26 Å². The van der Waals surface area contributed by atoms with Crippen molar-refractivity contribution in [3.63, 3.8) is 0 Å². The van der Waals surface area contributed by atoms with Crippen molar-refractivity contribution in [2.45, 2.75) is 25.6 Å². The highest BCUT2D eigenvalue weighted by molar-refractivity contribution is 6.30. The highest BCUT2D eigenvalue weighted by Crippen LogP contribution is 2.33. The Bertz CT molecular complexity index is 973. The van der Waals surface area contributed by atoms with Crippen molar-refractivity contribution in [1.29, 1.82) is 5.26 Å². The van der Waals surface area contributed by atoms with Crippen LogP contribution in [0.1, 0.15) is 23.6 Å². The van der Waals surface area contributed by atoms with Crippen LogP contribution >= 0.6 is 11.6 Å². The molecule has 5 nitrogen and oxygen atoms in total. The minimum Gasteiger partial charge on any atom is -0.378 e. The highest BCUT2D eigenvalue weighted by Gasteiger charge is 2.35. The van der Waals surface area contributed by atoms with Crippen molar-refractivity contribution in [1.82, 2.24) is 0 Å². The van der Waals surface area contributed by atoms with Crippen LogP contribution in [0.2, 0.25) is 5.02 Å². The third-order valence-electron chi connectivity index (χ3n) is 4.73. The number of fused-ring (bicyclic) bond motifs is 1. The number of amides is 1. The number of β-amino-alcohol motifs (C(OH)–C–C–N with tert-alkyl or cyclic N) is 1. The van der Waals surface area contributed by atoms with Crippen LogP contribution in [-0.2, 0) is 17.9 Å². The van der Waals surface area contributed by atoms with E-state index in [1.807, 2.05) is 6.07 Å². The number of rotatable bonds is 5. The summed E-state index contributed by atoms with van der Waals surface area (Å²) < 4.78 is 26.8. The summed E-state index contributed by atoms with van der Waals surface area (Å²) in [7, 11) is 0. The van der Waals surface area contributed by atoms with Crippen LogP contribution in [0, 0.1) is 17.1 Å². The Morgan fingerprint density at radius 1 is 1.43 bits per heavy atom. The van der Waals surface area contributed by atoms with E-state index in [0.29, 0.717) is 18.7 Å². The first-order valence-corrected chi connectivity index (χ1v) is 8.98. The van der Waals surface area contributed by atoms with Gasteiger partial charge in [-0.3, -0.25) is 4.79 Å². The van der Waals surface area contributed by atoms with Gasteiger partial charge < -0.3 is 15.3 Å². The predicted octanol–water partition coefficient (Wildman–Crippen LogP) is 3.57. The summed E-state index contributed by atoms with van der Waals surface area (Å²) in [5.74, 6) is -1.25. The van der Waals surface area contributed by atoms with Crippen LogP contribution in [0.15, 0.2) is 30.3 Å². The minimum absolute atomic E-state index is 0.0367. The molecule has 0 bridgehead atoms. The number of hydrogen-bond donors (Lipinski definition) is 2. The van der Waals surface area contributed by atoms with Crippen LogP contribution in [0.3, 0.4) is 0 Å². The Hall–Kier alpha value is -2.69. The first kappa shape index (κ1) is 20.1. The summed E-state index contributed by atoms with van der Waals surface area (Å²) in [6.07, 6.45) is 0.627. The lowest BCUT2D eigenvalue weighted by atomic mass is 10.0. The van der Waals surface area contributed by atoms with Crippen LogP contribution in [-0.4, -0.2) is 29.7 Å². The lowest BCUT2D eigenvalue weighted by molar-refractivity contribution is -0.131. The summed E-state index contributed by atoms with van der Waals surface area (Å²) in [4.78, 5) is 14.3. The van der Waals surface area contributed by atoms with Gasteiger partial charge in [-0.05, 0) is 49.2 Å². The molecule has 0 saturated carbocycles. The van der Waals surface area contributed by atoms with Crippen molar-refractivity contribution < 1.29 is 18.7 Å². The van der Waals surface area contributed by atoms with Gasteiger partial charge in [-0.1, -0.05) is 11.6 Å². The number of hydrogen-bond acceptors (Lipinski definition) is 4. The molecule has 28 heavy (non-hydrogen) atoms. The topological polar surface area (TPSA) is 76.4 Å². The van der Waals surface area contributed by atoms with Gasteiger partial charge in [0, 0.05) is 23.5 Å². The van der Waals surface area contributed by atoms with Crippen LogP contribution in [0.25, 0.3) is 0 Å². The maximum atomic E-state index is 13.8. The lowest BCUT2D eigenvalue weighted by Gasteiger charge is -2.29. The fourth-order valence-corrected chi connectivity index (χ4v) is 3.40. The first-order chi connectivity index (χ1) is 13.2. The third kappa shape index (κ3) is 3.93. The van der Waals surface area contributed by atoms with Crippen LogP contribution in [0.5, 0.6) is 0 Å². The highest BCUT2D eigenvalue weighted by atomic mass is 35.5. The lowest BCUT2D eigenvalue weighted by Crippen LogP contribution is -2.49. The fraction of sp³-hybridized carbons (Fsp3) is 0.300. The number of nitrogens with zero attached hydrogens (tertiary/aromatic N) is 2. The van der Waals surface area contributed by atoms with E-state index < -0.39 is 24.0 Å². The SMILES string of the molecule is C[C@](O)(CN1CCc2cc(Cl)c(F)cc21)C(=O)Nc1ccc(C#N)c(CF)c1. The quantitative estimate of drug-likeness (QED) is 0.797. The Morgan fingerprint density at radius 3 is 2.86 bits per heavy atom. The van der Waals surface area contributed by atoms with E-state index in [0.717, 1.165) is 5.56 Å². The first-order valence-electron chi connectivity index (χ1n) is 8.61. The molecular formula is C20H18ClF2N3O2. The second-order valence-electron chi connectivity index (χ2n) is 6.91. The minimum atomic E-state index is -1.79. The molecule has 0 aromatic heterocycles. The van der Waals surface area contributed by atoms with Gasteiger partial charge in [-0.25, -0.2) is 8.78 Å². The number of benzene rings is 2. The van der Waals surface area contributed by atoms with E-state index in [2.05, 4.69) is 5.32 Å². The Balaban J connectivity index is 1.75. The number of nitriles is 1. The molecule has 0 spiro atoms. The number of carbonyl (C=O) groups excluding carboxylic acids is 1.